The molecule has 1 aromatic heterocycles. The fourth-order valence-electron chi connectivity index (χ4n) is 3.50. The average Bonchev–Trinajstić information content (AvgIpc) is 3.05. The maximum absolute atomic E-state index is 4.48. The first-order valence-corrected chi connectivity index (χ1v) is 10.9. The zero-order valence-corrected chi connectivity index (χ0v) is 18.1. The van der Waals surface area contributed by atoms with E-state index in [4.69, 9.17) is 0 Å². The number of hydrogen-bond acceptors (Lipinski definition) is 5. The molecule has 0 unspecified atom stereocenters. The van der Waals surface area contributed by atoms with Gasteiger partial charge in [-0.2, -0.15) is 0 Å². The zero-order valence-electron chi connectivity index (χ0n) is 17.2. The van der Waals surface area contributed by atoms with E-state index >= 15 is 0 Å². The van der Waals surface area contributed by atoms with Gasteiger partial charge in [0.15, 0.2) is 5.96 Å². The Hall–Kier alpha value is -2.12. The van der Waals surface area contributed by atoms with E-state index in [0.717, 1.165) is 68.9 Å². The summed E-state index contributed by atoms with van der Waals surface area (Å²) >= 11 is 1.75. The van der Waals surface area contributed by atoms with Crippen LogP contribution in [0.25, 0.3) is 0 Å². The Bertz CT molecular complexity index is 750. The second kappa shape index (κ2) is 10.4. The van der Waals surface area contributed by atoms with E-state index in [1.807, 2.05) is 14.0 Å². The number of aliphatic imine (C=N–C) groups is 1. The molecule has 1 aliphatic rings. The molecule has 28 heavy (non-hydrogen) atoms. The predicted octanol–water partition coefficient (Wildman–Crippen LogP) is 2.64. The highest BCUT2D eigenvalue weighted by molar-refractivity contribution is 7.11. The summed E-state index contributed by atoms with van der Waals surface area (Å²) in [5, 5.41) is 7.93. The summed E-state index contributed by atoms with van der Waals surface area (Å²) in [4.78, 5) is 15.1. The maximum Gasteiger partial charge on any atom is 0.191 e. The number of anilines is 1. The Morgan fingerprint density at radius 1 is 1.11 bits per heavy atom. The van der Waals surface area contributed by atoms with Crippen LogP contribution in [0, 0.1) is 13.8 Å². The molecule has 1 aromatic carbocycles. The van der Waals surface area contributed by atoms with Gasteiger partial charge < -0.3 is 15.5 Å². The molecule has 2 aromatic rings. The lowest BCUT2D eigenvalue weighted by molar-refractivity contribution is 0.255. The molecule has 0 atom stereocenters. The van der Waals surface area contributed by atoms with Crippen LogP contribution in [0.5, 0.6) is 0 Å². The first-order chi connectivity index (χ1) is 13.7. The topological polar surface area (TPSA) is 55.8 Å². The molecule has 3 rings (SSSR count). The van der Waals surface area contributed by atoms with Crippen molar-refractivity contribution in [3.05, 3.63) is 45.9 Å². The monoisotopic (exact) mass is 400 g/mol. The second-order valence-corrected chi connectivity index (χ2v) is 8.40. The van der Waals surface area contributed by atoms with Gasteiger partial charge in [-0.25, -0.2) is 4.98 Å². The van der Waals surface area contributed by atoms with Crippen LogP contribution in [-0.2, 0) is 6.54 Å². The highest BCUT2D eigenvalue weighted by atomic mass is 32.1. The van der Waals surface area contributed by atoms with Crippen molar-refractivity contribution in [2.45, 2.75) is 26.8 Å². The lowest BCUT2D eigenvalue weighted by atomic mass is 10.2. The third-order valence-electron chi connectivity index (χ3n) is 5.08. The van der Waals surface area contributed by atoms with Crippen LogP contribution in [-0.4, -0.2) is 62.2 Å². The molecule has 6 nitrogen and oxygen atoms in total. The summed E-state index contributed by atoms with van der Waals surface area (Å²) in [5.41, 5.74) is 2.45. The molecule has 2 N–H and O–H groups in total. The van der Waals surface area contributed by atoms with Crippen molar-refractivity contribution >= 4 is 23.0 Å². The second-order valence-electron chi connectivity index (χ2n) is 7.11. The standard InChI is InChI=1S/C21H32N6S/c1-17-20(28-18(2)25-17)16-24-21(22-3)23-10-7-11-26-12-14-27(15-13-26)19-8-5-4-6-9-19/h4-6,8-9H,7,10-16H2,1-3H3,(H2,22,23,24). The number of para-hydroxylation sites is 1. The smallest absolute Gasteiger partial charge is 0.191 e. The summed E-state index contributed by atoms with van der Waals surface area (Å²) in [7, 11) is 1.82. The van der Waals surface area contributed by atoms with Gasteiger partial charge in [0.25, 0.3) is 0 Å². The molecule has 1 fully saturated rings. The van der Waals surface area contributed by atoms with Gasteiger partial charge in [-0.15, -0.1) is 11.3 Å². The van der Waals surface area contributed by atoms with E-state index in [0.29, 0.717) is 0 Å². The molecule has 1 aliphatic heterocycles. The molecule has 0 radical (unpaired) electrons. The number of nitrogens with one attached hydrogen (secondary N) is 2. The maximum atomic E-state index is 4.48. The number of aryl methyl sites for hydroxylation is 2. The number of thiazole rings is 1. The molecule has 152 valence electrons. The Morgan fingerprint density at radius 2 is 1.86 bits per heavy atom. The lowest BCUT2D eigenvalue weighted by Crippen LogP contribution is -2.47. The summed E-state index contributed by atoms with van der Waals surface area (Å²) in [6, 6.07) is 10.7. The van der Waals surface area contributed by atoms with Crippen LogP contribution in [0.3, 0.4) is 0 Å². The largest absolute Gasteiger partial charge is 0.369 e. The van der Waals surface area contributed by atoms with Crippen molar-refractivity contribution in [3.63, 3.8) is 0 Å². The van der Waals surface area contributed by atoms with Crippen molar-refractivity contribution in [1.82, 2.24) is 20.5 Å². The number of aromatic nitrogens is 1. The predicted molar refractivity (Wildman–Crippen MR) is 120 cm³/mol. The molecule has 1 saturated heterocycles. The van der Waals surface area contributed by atoms with Crippen LogP contribution < -0.4 is 15.5 Å². The van der Waals surface area contributed by atoms with Gasteiger partial charge in [-0.05, 0) is 38.9 Å². The zero-order chi connectivity index (χ0) is 19.8. The first kappa shape index (κ1) is 20.6. The van der Waals surface area contributed by atoms with Gasteiger partial charge >= 0.3 is 0 Å². The summed E-state index contributed by atoms with van der Waals surface area (Å²) in [5.74, 6) is 0.861. The quantitative estimate of drug-likeness (QED) is 0.425. The van der Waals surface area contributed by atoms with E-state index in [9.17, 15) is 0 Å². The molecule has 0 saturated carbocycles. The first-order valence-electron chi connectivity index (χ1n) is 10.1. The van der Waals surface area contributed by atoms with Gasteiger partial charge in [-0.1, -0.05) is 18.2 Å². The van der Waals surface area contributed by atoms with E-state index in [2.05, 4.69) is 67.7 Å². The van der Waals surface area contributed by atoms with Gasteiger partial charge in [0.1, 0.15) is 0 Å². The summed E-state index contributed by atoms with van der Waals surface area (Å²) in [6.07, 6.45) is 1.12. The van der Waals surface area contributed by atoms with E-state index < -0.39 is 0 Å². The molecular weight excluding hydrogens is 368 g/mol. The molecule has 0 amide bonds. The van der Waals surface area contributed by atoms with Crippen molar-refractivity contribution in [3.8, 4) is 0 Å². The van der Waals surface area contributed by atoms with Gasteiger partial charge in [-0.3, -0.25) is 9.89 Å². The molecular formula is C21H32N6S. The van der Waals surface area contributed by atoms with E-state index in [1.165, 1.54) is 10.6 Å². The number of guanidine groups is 1. The minimum Gasteiger partial charge on any atom is -0.369 e. The van der Waals surface area contributed by atoms with Crippen LogP contribution in [0.1, 0.15) is 22.0 Å². The number of piperazine rings is 1. The Morgan fingerprint density at radius 3 is 2.50 bits per heavy atom. The van der Waals surface area contributed by atoms with Gasteiger partial charge in [0.2, 0.25) is 0 Å². The fraction of sp³-hybridized carbons (Fsp3) is 0.524. The Balaban J connectivity index is 1.31. The highest BCUT2D eigenvalue weighted by Gasteiger charge is 2.16. The third-order valence-corrected chi connectivity index (χ3v) is 6.15. The summed E-state index contributed by atoms with van der Waals surface area (Å²) < 4.78 is 0. The van der Waals surface area contributed by atoms with E-state index in [1.54, 1.807) is 11.3 Å². The number of rotatable bonds is 7. The third kappa shape index (κ3) is 5.94. The van der Waals surface area contributed by atoms with Gasteiger partial charge in [0.05, 0.1) is 17.2 Å². The number of hydrogen-bond donors (Lipinski definition) is 2. The van der Waals surface area contributed by atoms with Crippen molar-refractivity contribution in [2.24, 2.45) is 4.99 Å². The Kier molecular flexibility index (Phi) is 7.68. The normalized spacial score (nSPS) is 15.7. The minimum absolute atomic E-state index is 0.776. The van der Waals surface area contributed by atoms with Crippen molar-refractivity contribution < 1.29 is 0 Å². The molecule has 2 heterocycles. The van der Waals surface area contributed by atoms with Crippen LogP contribution in [0.4, 0.5) is 5.69 Å². The van der Waals surface area contributed by atoms with Crippen LogP contribution >= 0.6 is 11.3 Å². The van der Waals surface area contributed by atoms with Crippen molar-refractivity contribution in [2.75, 3.05) is 51.2 Å². The molecule has 0 spiro atoms. The number of benzene rings is 1. The van der Waals surface area contributed by atoms with Crippen molar-refractivity contribution in [1.29, 1.82) is 0 Å². The average molecular weight is 401 g/mol. The van der Waals surface area contributed by atoms with Crippen LogP contribution in [0.2, 0.25) is 0 Å². The highest BCUT2D eigenvalue weighted by Crippen LogP contribution is 2.17. The lowest BCUT2D eigenvalue weighted by Gasteiger charge is -2.36. The molecule has 0 aliphatic carbocycles. The van der Waals surface area contributed by atoms with Crippen LogP contribution in [0.15, 0.2) is 35.3 Å². The number of nitrogens with zero attached hydrogens (tertiary/aromatic N) is 4. The molecule has 0 bridgehead atoms. The summed E-state index contributed by atoms with van der Waals surface area (Å²) in [6.45, 7) is 11.4. The SMILES string of the molecule is CN=C(NCCCN1CCN(c2ccccc2)CC1)NCc1sc(C)nc1C. The fourth-order valence-corrected chi connectivity index (χ4v) is 4.38. The van der Waals surface area contributed by atoms with E-state index in [-0.39, 0.29) is 0 Å². The molecule has 7 heteroatoms. The van der Waals surface area contributed by atoms with Gasteiger partial charge in [0, 0.05) is 50.3 Å². The Labute approximate surface area is 172 Å². The minimum atomic E-state index is 0.776.